The standard InChI is InChI=1S/C14H20N4O/c1-19-12-2-10-18-11-9-17-14(18)16-8-5-13-3-6-15-7-4-13/h3-4,6-7,9,11H,2,5,8,10,12H2,1H3,(H,16,17). The Morgan fingerprint density at radius 1 is 1.26 bits per heavy atom. The van der Waals surface area contributed by atoms with Crippen molar-refractivity contribution in [2.45, 2.75) is 19.4 Å². The fourth-order valence-electron chi connectivity index (χ4n) is 1.90. The molecule has 5 heteroatoms. The summed E-state index contributed by atoms with van der Waals surface area (Å²) in [6.07, 6.45) is 9.41. The number of nitrogens with zero attached hydrogens (tertiary/aromatic N) is 3. The summed E-state index contributed by atoms with van der Waals surface area (Å²) in [6, 6.07) is 4.07. The second-order valence-corrected chi connectivity index (χ2v) is 4.32. The van der Waals surface area contributed by atoms with E-state index in [9.17, 15) is 0 Å². The maximum atomic E-state index is 5.06. The van der Waals surface area contributed by atoms with Gasteiger partial charge < -0.3 is 14.6 Å². The largest absolute Gasteiger partial charge is 0.385 e. The molecule has 0 aliphatic rings. The van der Waals surface area contributed by atoms with Crippen molar-refractivity contribution in [3.63, 3.8) is 0 Å². The maximum absolute atomic E-state index is 5.06. The van der Waals surface area contributed by atoms with Crippen LogP contribution in [0.15, 0.2) is 36.9 Å². The van der Waals surface area contributed by atoms with Crippen molar-refractivity contribution in [2.24, 2.45) is 0 Å². The van der Waals surface area contributed by atoms with Crippen molar-refractivity contribution in [2.75, 3.05) is 25.6 Å². The van der Waals surface area contributed by atoms with Crippen LogP contribution in [-0.4, -0.2) is 34.8 Å². The third-order valence-electron chi connectivity index (χ3n) is 2.91. The summed E-state index contributed by atoms with van der Waals surface area (Å²) in [5, 5.41) is 3.36. The normalized spacial score (nSPS) is 10.6. The molecule has 2 heterocycles. The van der Waals surface area contributed by atoms with Gasteiger partial charge in [-0.15, -0.1) is 0 Å². The summed E-state index contributed by atoms with van der Waals surface area (Å²) in [5.74, 6) is 0.921. The molecule has 2 rings (SSSR count). The highest BCUT2D eigenvalue weighted by Crippen LogP contribution is 2.06. The average molecular weight is 260 g/mol. The summed E-state index contributed by atoms with van der Waals surface area (Å²) in [5.41, 5.74) is 1.28. The first kappa shape index (κ1) is 13.5. The van der Waals surface area contributed by atoms with Crippen molar-refractivity contribution >= 4 is 5.95 Å². The number of ether oxygens (including phenoxy) is 1. The van der Waals surface area contributed by atoms with Crippen LogP contribution in [0.1, 0.15) is 12.0 Å². The number of hydrogen-bond acceptors (Lipinski definition) is 4. The van der Waals surface area contributed by atoms with E-state index in [2.05, 4.69) is 19.9 Å². The lowest BCUT2D eigenvalue weighted by Crippen LogP contribution is -2.11. The predicted molar refractivity (Wildman–Crippen MR) is 75.2 cm³/mol. The van der Waals surface area contributed by atoms with Crippen molar-refractivity contribution in [1.82, 2.24) is 14.5 Å². The van der Waals surface area contributed by atoms with Crippen LogP contribution in [0.5, 0.6) is 0 Å². The van der Waals surface area contributed by atoms with Gasteiger partial charge in [-0.2, -0.15) is 0 Å². The molecule has 0 aliphatic heterocycles. The summed E-state index contributed by atoms with van der Waals surface area (Å²) in [7, 11) is 1.72. The second kappa shape index (κ2) is 7.53. The molecule has 2 aromatic heterocycles. The molecule has 2 aromatic rings. The van der Waals surface area contributed by atoms with Crippen molar-refractivity contribution in [1.29, 1.82) is 0 Å². The van der Waals surface area contributed by atoms with Crippen LogP contribution < -0.4 is 5.32 Å². The van der Waals surface area contributed by atoms with Crippen molar-refractivity contribution < 1.29 is 4.74 Å². The second-order valence-electron chi connectivity index (χ2n) is 4.32. The van der Waals surface area contributed by atoms with E-state index >= 15 is 0 Å². The lowest BCUT2D eigenvalue weighted by atomic mass is 10.2. The minimum atomic E-state index is 0.772. The van der Waals surface area contributed by atoms with Crippen LogP contribution in [0.25, 0.3) is 0 Å². The molecule has 0 atom stereocenters. The molecule has 19 heavy (non-hydrogen) atoms. The summed E-state index contributed by atoms with van der Waals surface area (Å²) in [4.78, 5) is 8.34. The van der Waals surface area contributed by atoms with E-state index in [1.165, 1.54) is 5.56 Å². The van der Waals surface area contributed by atoms with Gasteiger partial charge in [-0.1, -0.05) is 0 Å². The Kier molecular flexibility index (Phi) is 5.37. The van der Waals surface area contributed by atoms with Gasteiger partial charge >= 0.3 is 0 Å². The van der Waals surface area contributed by atoms with E-state index in [1.807, 2.05) is 36.9 Å². The van der Waals surface area contributed by atoms with E-state index in [1.54, 1.807) is 7.11 Å². The SMILES string of the molecule is COCCCn1ccnc1NCCc1ccncc1. The molecule has 0 fully saturated rings. The number of aryl methyl sites for hydroxylation is 1. The Bertz CT molecular complexity index is 469. The zero-order chi connectivity index (χ0) is 13.3. The first-order valence-electron chi connectivity index (χ1n) is 6.53. The van der Waals surface area contributed by atoms with Gasteiger partial charge in [0.25, 0.3) is 0 Å². The average Bonchev–Trinajstić information content (AvgIpc) is 2.88. The molecule has 0 amide bonds. The molecule has 0 saturated carbocycles. The number of methoxy groups -OCH3 is 1. The lowest BCUT2D eigenvalue weighted by Gasteiger charge is -2.09. The topological polar surface area (TPSA) is 52.0 Å². The number of rotatable bonds is 8. The van der Waals surface area contributed by atoms with Gasteiger partial charge in [0.15, 0.2) is 0 Å². The summed E-state index contributed by atoms with van der Waals surface area (Å²) in [6.45, 7) is 2.56. The molecular weight excluding hydrogens is 240 g/mol. The van der Waals surface area contributed by atoms with E-state index in [0.717, 1.165) is 38.5 Å². The fraction of sp³-hybridized carbons (Fsp3) is 0.429. The molecule has 1 N–H and O–H groups in total. The van der Waals surface area contributed by atoms with E-state index in [-0.39, 0.29) is 0 Å². The quantitative estimate of drug-likeness (QED) is 0.737. The van der Waals surface area contributed by atoms with Crippen LogP contribution >= 0.6 is 0 Å². The van der Waals surface area contributed by atoms with E-state index < -0.39 is 0 Å². The minimum Gasteiger partial charge on any atom is -0.385 e. The summed E-state index contributed by atoms with van der Waals surface area (Å²) >= 11 is 0. The number of aromatic nitrogens is 3. The first-order valence-corrected chi connectivity index (χ1v) is 6.53. The molecule has 0 saturated heterocycles. The van der Waals surface area contributed by atoms with Gasteiger partial charge in [0.1, 0.15) is 0 Å². The maximum Gasteiger partial charge on any atom is 0.202 e. The van der Waals surface area contributed by atoms with Crippen LogP contribution in [0.3, 0.4) is 0 Å². The Labute approximate surface area is 113 Å². The van der Waals surface area contributed by atoms with Crippen molar-refractivity contribution in [3.8, 4) is 0 Å². The van der Waals surface area contributed by atoms with E-state index in [4.69, 9.17) is 4.74 Å². The molecule has 0 aromatic carbocycles. The van der Waals surface area contributed by atoms with Crippen LogP contribution in [-0.2, 0) is 17.7 Å². The van der Waals surface area contributed by atoms with Gasteiger partial charge in [-0.25, -0.2) is 4.98 Å². The number of anilines is 1. The lowest BCUT2D eigenvalue weighted by molar-refractivity contribution is 0.190. The van der Waals surface area contributed by atoms with Crippen LogP contribution in [0.2, 0.25) is 0 Å². The highest BCUT2D eigenvalue weighted by atomic mass is 16.5. The highest BCUT2D eigenvalue weighted by Gasteiger charge is 2.01. The smallest absolute Gasteiger partial charge is 0.202 e. The van der Waals surface area contributed by atoms with Crippen molar-refractivity contribution in [3.05, 3.63) is 42.5 Å². The molecule has 0 spiro atoms. The fourth-order valence-corrected chi connectivity index (χ4v) is 1.90. The number of pyridine rings is 1. The molecule has 5 nitrogen and oxygen atoms in total. The molecule has 0 bridgehead atoms. The third kappa shape index (κ3) is 4.37. The zero-order valence-corrected chi connectivity index (χ0v) is 11.2. The monoisotopic (exact) mass is 260 g/mol. The third-order valence-corrected chi connectivity index (χ3v) is 2.91. The molecule has 0 radical (unpaired) electrons. The Morgan fingerprint density at radius 3 is 2.89 bits per heavy atom. The van der Waals surface area contributed by atoms with Gasteiger partial charge in [-0.05, 0) is 30.5 Å². The Morgan fingerprint density at radius 2 is 2.11 bits per heavy atom. The number of nitrogens with one attached hydrogen (secondary N) is 1. The zero-order valence-electron chi connectivity index (χ0n) is 11.2. The molecule has 0 aliphatic carbocycles. The molecular formula is C14H20N4O. The molecule has 0 unspecified atom stereocenters. The minimum absolute atomic E-state index is 0.772. The van der Waals surface area contributed by atoms with Gasteiger partial charge in [0.2, 0.25) is 5.95 Å². The van der Waals surface area contributed by atoms with E-state index in [0.29, 0.717) is 0 Å². The Balaban J connectivity index is 1.78. The van der Waals surface area contributed by atoms with Crippen LogP contribution in [0.4, 0.5) is 5.95 Å². The number of hydrogen-bond donors (Lipinski definition) is 1. The predicted octanol–water partition coefficient (Wildman–Crippen LogP) is 1.97. The highest BCUT2D eigenvalue weighted by molar-refractivity contribution is 5.26. The van der Waals surface area contributed by atoms with Gasteiger partial charge in [-0.3, -0.25) is 4.98 Å². The first-order chi connectivity index (χ1) is 9.40. The number of imidazole rings is 1. The Hall–Kier alpha value is -1.88. The molecule has 102 valence electrons. The van der Waals surface area contributed by atoms with Crippen LogP contribution in [0, 0.1) is 0 Å². The summed E-state index contributed by atoms with van der Waals surface area (Å²) < 4.78 is 7.18. The van der Waals surface area contributed by atoms with Gasteiger partial charge in [0, 0.05) is 51.6 Å². The van der Waals surface area contributed by atoms with Gasteiger partial charge in [0.05, 0.1) is 0 Å².